The van der Waals surface area contributed by atoms with Crippen LogP contribution in [0.5, 0.6) is 0 Å². The fourth-order valence-electron chi connectivity index (χ4n) is 5.30. The Morgan fingerprint density at radius 2 is 1.51 bits per heavy atom. The summed E-state index contributed by atoms with van der Waals surface area (Å²) in [5, 5.41) is 0.929. The molecule has 5 aromatic rings. The molecule has 0 saturated heterocycles. The minimum Gasteiger partial charge on any atom is -0.469 e. The van der Waals surface area contributed by atoms with Gasteiger partial charge in [0, 0.05) is 12.0 Å². The number of Topliss-reactive ketones (excluding diaryl/α,β-unsaturated/α-hetero) is 1. The van der Waals surface area contributed by atoms with E-state index in [1.54, 1.807) is 18.2 Å². The highest BCUT2D eigenvalue weighted by Crippen LogP contribution is 2.36. The molecule has 0 aromatic heterocycles. The summed E-state index contributed by atoms with van der Waals surface area (Å²) in [6.45, 7) is -0.494. The summed E-state index contributed by atoms with van der Waals surface area (Å²) in [4.78, 5) is 26.1. The van der Waals surface area contributed by atoms with E-state index in [1.165, 1.54) is 49.6 Å². The second-order valence-electron chi connectivity index (χ2n) is 10.9. The van der Waals surface area contributed by atoms with Gasteiger partial charge < -0.3 is 4.74 Å². The van der Waals surface area contributed by atoms with Crippen molar-refractivity contribution in [2.75, 3.05) is 11.4 Å². The molecule has 0 heterocycles. The molecule has 242 valence electrons. The number of ether oxygens (including phenoxy) is 1. The van der Waals surface area contributed by atoms with E-state index < -0.39 is 51.0 Å². The van der Waals surface area contributed by atoms with Crippen LogP contribution in [0.1, 0.15) is 33.5 Å². The van der Waals surface area contributed by atoms with Gasteiger partial charge in [0.05, 0.1) is 40.7 Å². The molecule has 0 N–H and O–H groups in total. The highest BCUT2D eigenvalue weighted by molar-refractivity contribution is 7.92. The number of esters is 1. The Labute approximate surface area is 275 Å². The van der Waals surface area contributed by atoms with E-state index in [2.05, 4.69) is 0 Å². The highest BCUT2D eigenvalue weighted by atomic mass is 35.5. The lowest BCUT2D eigenvalue weighted by molar-refractivity contribution is -0.145. The lowest BCUT2D eigenvalue weighted by Gasteiger charge is -2.26. The Kier molecular flexibility index (Phi) is 10.0. The number of methoxy groups -OCH3 is 1. The van der Waals surface area contributed by atoms with Crippen LogP contribution in [0.15, 0.2) is 120 Å². The molecule has 0 amide bonds. The van der Waals surface area contributed by atoms with E-state index in [4.69, 9.17) is 16.3 Å². The first kappa shape index (κ1) is 33.7. The molecule has 6 nitrogen and oxygen atoms in total. The van der Waals surface area contributed by atoms with Crippen molar-refractivity contribution in [3.05, 3.63) is 143 Å². The summed E-state index contributed by atoms with van der Waals surface area (Å²) in [6.07, 6.45) is -4.73. The Bertz CT molecular complexity index is 2030. The fourth-order valence-corrected chi connectivity index (χ4v) is 7.01. The number of hydrogen-bond acceptors (Lipinski definition) is 5. The molecule has 0 radical (unpaired) electrons. The minimum atomic E-state index is -4.77. The van der Waals surface area contributed by atoms with Crippen molar-refractivity contribution in [2.45, 2.75) is 30.5 Å². The molecule has 0 saturated carbocycles. The van der Waals surface area contributed by atoms with Crippen molar-refractivity contribution < 1.29 is 35.9 Å². The third kappa shape index (κ3) is 7.84. The predicted molar refractivity (Wildman–Crippen MR) is 175 cm³/mol. The van der Waals surface area contributed by atoms with Crippen LogP contribution < -0.4 is 4.31 Å². The molecule has 0 spiro atoms. The number of sulfonamides is 1. The number of anilines is 1. The topological polar surface area (TPSA) is 80.8 Å². The van der Waals surface area contributed by atoms with Gasteiger partial charge in [0.1, 0.15) is 0 Å². The molecule has 1 atom stereocenters. The molecule has 11 heteroatoms. The predicted octanol–water partition coefficient (Wildman–Crippen LogP) is 8.51. The zero-order valence-electron chi connectivity index (χ0n) is 25.1. The summed E-state index contributed by atoms with van der Waals surface area (Å²) < 4.78 is 75.6. The number of hydrogen-bond donors (Lipinski definition) is 0. The average molecular weight is 680 g/mol. The second kappa shape index (κ2) is 14.0. The molecule has 0 aliphatic heterocycles. The van der Waals surface area contributed by atoms with Crippen LogP contribution in [0.2, 0.25) is 5.02 Å². The van der Waals surface area contributed by atoms with Crippen molar-refractivity contribution in [3.8, 4) is 0 Å². The first-order chi connectivity index (χ1) is 22.4. The van der Waals surface area contributed by atoms with Crippen molar-refractivity contribution in [1.82, 2.24) is 0 Å². The van der Waals surface area contributed by atoms with Gasteiger partial charge in [-0.15, -0.1) is 0 Å². The van der Waals surface area contributed by atoms with Crippen LogP contribution in [0, 0.1) is 5.92 Å². The van der Waals surface area contributed by atoms with E-state index in [9.17, 15) is 31.2 Å². The molecule has 0 aliphatic carbocycles. The summed E-state index contributed by atoms with van der Waals surface area (Å²) in [5.74, 6) is -1.81. The number of nitrogens with zero attached hydrogens (tertiary/aromatic N) is 1. The lowest BCUT2D eigenvalue weighted by Crippen LogP contribution is -2.31. The lowest BCUT2D eigenvalue weighted by atomic mass is 9.92. The SMILES string of the molecule is COC(=O)C(CC(=O)c1cccc(N(Cc2ccc(Cl)c(C(F)(F)F)c2)S(=O)(=O)c2ccc3ccccc3c2)c1)Cc1ccccc1. The number of benzene rings is 5. The Morgan fingerprint density at radius 1 is 0.809 bits per heavy atom. The summed E-state index contributed by atoms with van der Waals surface area (Å²) in [7, 11) is -3.15. The van der Waals surface area contributed by atoms with Crippen molar-refractivity contribution in [2.24, 2.45) is 5.92 Å². The van der Waals surface area contributed by atoms with Gasteiger partial charge in [0.15, 0.2) is 5.78 Å². The molecule has 5 aromatic carbocycles. The third-order valence-electron chi connectivity index (χ3n) is 7.72. The largest absolute Gasteiger partial charge is 0.469 e. The number of alkyl halides is 3. The Hall–Kier alpha value is -4.67. The minimum absolute atomic E-state index is 0.0245. The van der Waals surface area contributed by atoms with E-state index in [-0.39, 0.29) is 34.6 Å². The molecule has 5 rings (SSSR count). The van der Waals surface area contributed by atoms with Gasteiger partial charge in [0.2, 0.25) is 0 Å². The molecular weight excluding hydrogens is 651 g/mol. The van der Waals surface area contributed by atoms with Gasteiger partial charge in [-0.3, -0.25) is 13.9 Å². The maximum Gasteiger partial charge on any atom is 0.417 e. The first-order valence-corrected chi connectivity index (χ1v) is 16.3. The number of halogens is 4. The van der Waals surface area contributed by atoms with Crippen LogP contribution in [-0.2, 0) is 38.7 Å². The van der Waals surface area contributed by atoms with Gasteiger partial charge in [-0.05, 0) is 64.7 Å². The molecule has 47 heavy (non-hydrogen) atoms. The standard InChI is InChI=1S/C36H29ClF3NO5S/c1-46-35(43)29(18-24-8-3-2-4-9-24)22-34(42)28-12-7-13-30(20-28)41(23-25-14-17-33(37)32(19-25)36(38,39)40)47(44,45)31-16-15-26-10-5-6-11-27(26)21-31/h2-17,19-21,29H,18,22-23H2,1H3. The number of ketones is 1. The van der Waals surface area contributed by atoms with Gasteiger partial charge >= 0.3 is 12.1 Å². The third-order valence-corrected chi connectivity index (χ3v) is 9.82. The van der Waals surface area contributed by atoms with Gasteiger partial charge in [-0.25, -0.2) is 8.42 Å². The number of fused-ring (bicyclic) bond motifs is 1. The van der Waals surface area contributed by atoms with Gasteiger partial charge in [0.25, 0.3) is 10.0 Å². The maximum absolute atomic E-state index is 14.3. The maximum atomic E-state index is 14.3. The van der Waals surface area contributed by atoms with E-state index in [0.717, 1.165) is 27.4 Å². The molecule has 0 aliphatic rings. The zero-order chi connectivity index (χ0) is 33.8. The molecule has 1 unspecified atom stereocenters. The van der Waals surface area contributed by atoms with Crippen LogP contribution >= 0.6 is 11.6 Å². The highest BCUT2D eigenvalue weighted by Gasteiger charge is 2.34. The van der Waals surface area contributed by atoms with Crippen LogP contribution in [0.3, 0.4) is 0 Å². The van der Waals surface area contributed by atoms with Crippen molar-refractivity contribution in [1.29, 1.82) is 0 Å². The zero-order valence-corrected chi connectivity index (χ0v) is 26.6. The van der Waals surface area contributed by atoms with Crippen LogP contribution in [-0.4, -0.2) is 27.3 Å². The average Bonchev–Trinajstić information content (AvgIpc) is 3.06. The summed E-state index contributed by atoms with van der Waals surface area (Å²) in [6, 6.07) is 29.8. The Balaban J connectivity index is 1.54. The molecule has 0 bridgehead atoms. The fraction of sp³-hybridized carbons (Fsp3) is 0.167. The van der Waals surface area contributed by atoms with Gasteiger partial charge in [-0.1, -0.05) is 90.5 Å². The van der Waals surface area contributed by atoms with Crippen LogP contribution in [0.25, 0.3) is 10.8 Å². The van der Waals surface area contributed by atoms with E-state index in [0.29, 0.717) is 5.39 Å². The normalized spacial score (nSPS) is 12.4. The quantitative estimate of drug-likeness (QED) is 0.103. The van der Waals surface area contributed by atoms with Crippen LogP contribution in [0.4, 0.5) is 18.9 Å². The van der Waals surface area contributed by atoms with Crippen molar-refractivity contribution >= 4 is 49.8 Å². The van der Waals surface area contributed by atoms with Gasteiger partial charge in [-0.2, -0.15) is 13.2 Å². The monoisotopic (exact) mass is 679 g/mol. The first-order valence-electron chi connectivity index (χ1n) is 14.5. The second-order valence-corrected chi connectivity index (χ2v) is 13.2. The van der Waals surface area contributed by atoms with E-state index in [1.807, 2.05) is 42.5 Å². The number of carbonyl (C=O) groups is 2. The van der Waals surface area contributed by atoms with E-state index >= 15 is 0 Å². The number of carbonyl (C=O) groups excluding carboxylic acids is 2. The van der Waals surface area contributed by atoms with Crippen molar-refractivity contribution in [3.63, 3.8) is 0 Å². The summed E-state index contributed by atoms with van der Waals surface area (Å²) in [5.41, 5.74) is -0.0777. The summed E-state index contributed by atoms with van der Waals surface area (Å²) >= 11 is 5.83. The molecular formula is C36H29ClF3NO5S. The smallest absolute Gasteiger partial charge is 0.417 e. The Morgan fingerprint density at radius 3 is 2.21 bits per heavy atom. The number of rotatable bonds is 11. The molecule has 0 fully saturated rings.